The third kappa shape index (κ3) is 7.44. The summed E-state index contributed by atoms with van der Waals surface area (Å²) in [5, 5.41) is 17.2. The molecule has 1 aromatic heterocycles. The molecular formula is C14H26IN3OS. The van der Waals surface area contributed by atoms with Crippen LogP contribution < -0.4 is 11.1 Å². The number of hydrogen-bond acceptors (Lipinski definition) is 3. The Balaban J connectivity index is 0.00000361. The quantitative estimate of drug-likeness (QED) is 0.267. The second kappa shape index (κ2) is 10.4. The van der Waals surface area contributed by atoms with Gasteiger partial charge in [0.2, 0.25) is 0 Å². The van der Waals surface area contributed by atoms with Gasteiger partial charge in [0.15, 0.2) is 5.96 Å². The molecule has 0 aromatic carbocycles. The summed E-state index contributed by atoms with van der Waals surface area (Å²) < 4.78 is 0. The Hall–Kier alpha value is -0.340. The monoisotopic (exact) mass is 411 g/mol. The van der Waals surface area contributed by atoms with Crippen LogP contribution in [0.4, 0.5) is 0 Å². The fraction of sp³-hybridized carbons (Fsp3) is 0.643. The van der Waals surface area contributed by atoms with E-state index in [1.807, 2.05) is 16.8 Å². The van der Waals surface area contributed by atoms with Gasteiger partial charge in [-0.3, -0.25) is 4.99 Å². The topological polar surface area (TPSA) is 70.6 Å². The Morgan fingerprint density at radius 1 is 1.45 bits per heavy atom. The molecule has 0 aliphatic rings. The summed E-state index contributed by atoms with van der Waals surface area (Å²) >= 11 is 1.57. The number of nitrogens with zero attached hydrogens (tertiary/aromatic N) is 1. The third-order valence-electron chi connectivity index (χ3n) is 3.04. The van der Waals surface area contributed by atoms with Crippen LogP contribution in [0.1, 0.15) is 45.1 Å². The molecule has 0 saturated heterocycles. The van der Waals surface area contributed by atoms with Gasteiger partial charge < -0.3 is 16.2 Å². The molecule has 0 fully saturated rings. The highest BCUT2D eigenvalue weighted by Gasteiger charge is 2.22. The maximum atomic E-state index is 10.3. The summed E-state index contributed by atoms with van der Waals surface area (Å²) in [7, 11) is 0. The molecule has 1 rings (SSSR count). The van der Waals surface area contributed by atoms with Crippen LogP contribution in [-0.4, -0.2) is 24.2 Å². The van der Waals surface area contributed by atoms with E-state index in [9.17, 15) is 5.11 Å². The smallest absolute Gasteiger partial charge is 0.188 e. The summed E-state index contributed by atoms with van der Waals surface area (Å²) in [6, 6.07) is 1.91. The molecule has 116 valence electrons. The Bertz CT molecular complexity index is 380. The van der Waals surface area contributed by atoms with Crippen molar-refractivity contribution >= 4 is 41.3 Å². The van der Waals surface area contributed by atoms with Crippen LogP contribution in [0.5, 0.6) is 0 Å². The molecule has 1 unspecified atom stereocenters. The largest absolute Gasteiger partial charge is 0.383 e. The predicted octanol–water partition coefficient (Wildman–Crippen LogP) is 3.06. The molecule has 0 bridgehead atoms. The molecule has 1 atom stereocenters. The van der Waals surface area contributed by atoms with Gasteiger partial charge in [-0.15, -0.1) is 24.0 Å². The van der Waals surface area contributed by atoms with E-state index in [1.165, 1.54) is 19.3 Å². The maximum Gasteiger partial charge on any atom is 0.188 e. The number of rotatable bonds is 8. The zero-order valence-electron chi connectivity index (χ0n) is 12.3. The van der Waals surface area contributed by atoms with Crippen molar-refractivity contribution < 1.29 is 5.11 Å². The minimum Gasteiger partial charge on any atom is -0.383 e. The molecule has 6 heteroatoms. The van der Waals surface area contributed by atoms with Crippen molar-refractivity contribution in [3.8, 4) is 0 Å². The Morgan fingerprint density at radius 3 is 2.80 bits per heavy atom. The van der Waals surface area contributed by atoms with E-state index in [4.69, 9.17) is 5.73 Å². The first-order chi connectivity index (χ1) is 9.06. The zero-order chi connectivity index (χ0) is 14.1. The summed E-state index contributed by atoms with van der Waals surface area (Å²) in [6.45, 7) is 5.07. The summed E-state index contributed by atoms with van der Waals surface area (Å²) in [4.78, 5) is 4.21. The second-order valence-electron chi connectivity index (χ2n) is 4.97. The number of aliphatic hydroxyl groups is 1. The molecule has 0 aliphatic heterocycles. The SMILES string of the molecule is CCCCCCNC(N)=NCC(C)(O)c1ccsc1.I. The molecule has 4 nitrogen and oxygen atoms in total. The van der Waals surface area contributed by atoms with Crippen molar-refractivity contribution in [2.45, 2.75) is 45.1 Å². The number of hydrogen-bond donors (Lipinski definition) is 3. The third-order valence-corrected chi connectivity index (χ3v) is 3.72. The highest BCUT2D eigenvalue weighted by Crippen LogP contribution is 2.22. The molecular weight excluding hydrogens is 385 g/mol. The van der Waals surface area contributed by atoms with E-state index in [2.05, 4.69) is 17.2 Å². The van der Waals surface area contributed by atoms with E-state index in [0.717, 1.165) is 18.5 Å². The standard InChI is InChI=1S/C14H25N3OS.HI/c1-3-4-5-6-8-16-13(15)17-11-14(2,18)12-7-9-19-10-12;/h7,9-10,18H,3-6,8,11H2,1-2H3,(H3,15,16,17);1H. The van der Waals surface area contributed by atoms with Gasteiger partial charge in [0.1, 0.15) is 5.60 Å². The van der Waals surface area contributed by atoms with E-state index in [0.29, 0.717) is 5.96 Å². The molecule has 20 heavy (non-hydrogen) atoms. The van der Waals surface area contributed by atoms with Crippen molar-refractivity contribution in [1.82, 2.24) is 5.32 Å². The summed E-state index contributed by atoms with van der Waals surface area (Å²) in [6.07, 6.45) is 4.80. The lowest BCUT2D eigenvalue weighted by Crippen LogP contribution is -2.34. The average Bonchev–Trinajstić information content (AvgIpc) is 2.91. The van der Waals surface area contributed by atoms with Crippen LogP contribution in [-0.2, 0) is 5.60 Å². The van der Waals surface area contributed by atoms with Gasteiger partial charge >= 0.3 is 0 Å². The summed E-state index contributed by atoms with van der Waals surface area (Å²) in [5.74, 6) is 0.409. The van der Waals surface area contributed by atoms with Crippen LogP contribution in [0.2, 0.25) is 0 Å². The van der Waals surface area contributed by atoms with Gasteiger partial charge in [-0.25, -0.2) is 0 Å². The number of aliphatic imine (C=N–C) groups is 1. The van der Waals surface area contributed by atoms with Gasteiger partial charge in [-0.1, -0.05) is 26.2 Å². The fourth-order valence-electron chi connectivity index (χ4n) is 1.73. The first-order valence-electron chi connectivity index (χ1n) is 6.85. The lowest BCUT2D eigenvalue weighted by molar-refractivity contribution is 0.0678. The predicted molar refractivity (Wildman–Crippen MR) is 97.9 cm³/mol. The Morgan fingerprint density at radius 2 is 2.20 bits per heavy atom. The molecule has 0 saturated carbocycles. The van der Waals surface area contributed by atoms with E-state index in [-0.39, 0.29) is 30.5 Å². The molecule has 0 radical (unpaired) electrons. The highest BCUT2D eigenvalue weighted by molar-refractivity contribution is 14.0. The highest BCUT2D eigenvalue weighted by atomic mass is 127. The zero-order valence-corrected chi connectivity index (χ0v) is 15.4. The number of guanidine groups is 1. The van der Waals surface area contributed by atoms with Crippen LogP contribution in [0.25, 0.3) is 0 Å². The minimum absolute atomic E-state index is 0. The van der Waals surface area contributed by atoms with Crippen molar-refractivity contribution in [2.75, 3.05) is 13.1 Å². The minimum atomic E-state index is -0.950. The molecule has 0 spiro atoms. The number of nitrogens with two attached hydrogens (primary N) is 1. The lowest BCUT2D eigenvalue weighted by atomic mass is 10.00. The average molecular weight is 411 g/mol. The molecule has 1 aromatic rings. The van der Waals surface area contributed by atoms with Crippen LogP contribution in [0.3, 0.4) is 0 Å². The van der Waals surface area contributed by atoms with Crippen LogP contribution >= 0.6 is 35.3 Å². The molecule has 1 heterocycles. The first kappa shape index (κ1) is 19.7. The number of nitrogens with one attached hydrogen (secondary N) is 1. The van der Waals surface area contributed by atoms with E-state index in [1.54, 1.807) is 18.3 Å². The summed E-state index contributed by atoms with van der Waals surface area (Å²) in [5.41, 5.74) is 5.72. The normalized spacial score (nSPS) is 14.4. The van der Waals surface area contributed by atoms with Crippen molar-refractivity contribution in [2.24, 2.45) is 10.7 Å². The second-order valence-corrected chi connectivity index (χ2v) is 5.75. The van der Waals surface area contributed by atoms with Crippen LogP contribution in [0, 0.1) is 0 Å². The van der Waals surface area contributed by atoms with E-state index >= 15 is 0 Å². The lowest BCUT2D eigenvalue weighted by Gasteiger charge is -2.20. The molecule has 0 amide bonds. The number of thiophene rings is 1. The number of unbranched alkanes of at least 4 members (excludes halogenated alkanes) is 3. The van der Waals surface area contributed by atoms with Crippen molar-refractivity contribution in [1.29, 1.82) is 0 Å². The van der Waals surface area contributed by atoms with Gasteiger partial charge in [-0.2, -0.15) is 11.3 Å². The van der Waals surface area contributed by atoms with Crippen molar-refractivity contribution in [3.63, 3.8) is 0 Å². The molecule has 0 aliphatic carbocycles. The van der Waals surface area contributed by atoms with Crippen molar-refractivity contribution in [3.05, 3.63) is 22.4 Å². The molecule has 4 N–H and O–H groups in total. The van der Waals surface area contributed by atoms with Gasteiger partial charge in [0.25, 0.3) is 0 Å². The Labute approximate surface area is 142 Å². The number of halogens is 1. The maximum absolute atomic E-state index is 10.3. The van der Waals surface area contributed by atoms with Gasteiger partial charge in [-0.05, 0) is 35.7 Å². The van der Waals surface area contributed by atoms with Gasteiger partial charge in [0, 0.05) is 6.54 Å². The van der Waals surface area contributed by atoms with Crippen LogP contribution in [0.15, 0.2) is 21.8 Å². The first-order valence-corrected chi connectivity index (χ1v) is 7.79. The Kier molecular flexibility index (Phi) is 10.2. The van der Waals surface area contributed by atoms with Gasteiger partial charge in [0.05, 0.1) is 6.54 Å². The fourth-order valence-corrected chi connectivity index (χ4v) is 2.51. The van der Waals surface area contributed by atoms with E-state index < -0.39 is 5.60 Å².